The Morgan fingerprint density at radius 2 is 1.84 bits per heavy atom. The fourth-order valence-electron chi connectivity index (χ4n) is 4.43. The number of hydrogen-bond donors (Lipinski definition) is 1. The number of para-hydroxylation sites is 1. The number of pyridine rings is 1. The van der Waals surface area contributed by atoms with Gasteiger partial charge in [0, 0.05) is 49.7 Å². The molecular formula is C25H36N4O3. The average molecular weight is 441 g/mol. The van der Waals surface area contributed by atoms with E-state index in [9.17, 15) is 9.59 Å². The van der Waals surface area contributed by atoms with Gasteiger partial charge in [-0.2, -0.15) is 0 Å². The Morgan fingerprint density at radius 1 is 1.12 bits per heavy atom. The van der Waals surface area contributed by atoms with Gasteiger partial charge in [-0.25, -0.2) is 0 Å². The third kappa shape index (κ3) is 5.05. The molecule has 2 heterocycles. The van der Waals surface area contributed by atoms with E-state index in [1.165, 1.54) is 0 Å². The van der Waals surface area contributed by atoms with Crippen LogP contribution in [0.3, 0.4) is 0 Å². The van der Waals surface area contributed by atoms with Crippen molar-refractivity contribution >= 4 is 27.7 Å². The Morgan fingerprint density at radius 3 is 2.53 bits per heavy atom. The summed E-state index contributed by atoms with van der Waals surface area (Å²) in [6, 6.07) is 7.84. The van der Waals surface area contributed by atoms with E-state index in [4.69, 9.17) is 4.74 Å². The van der Waals surface area contributed by atoms with Gasteiger partial charge >= 0.3 is 0 Å². The monoisotopic (exact) mass is 440 g/mol. The second kappa shape index (κ2) is 11.3. The molecule has 0 saturated heterocycles. The highest BCUT2D eigenvalue weighted by molar-refractivity contribution is 6.17. The first-order valence-electron chi connectivity index (χ1n) is 11.6. The van der Waals surface area contributed by atoms with Crippen LogP contribution in [-0.4, -0.2) is 59.8 Å². The summed E-state index contributed by atoms with van der Waals surface area (Å²) in [6.07, 6.45) is 4.85. The SMILES string of the molecule is CCCN(CCC)CCCNC(=O)c1cn(CCOC)c(=O)c2c1c1ccccc1n2C. The molecule has 0 aliphatic rings. The second-order valence-electron chi connectivity index (χ2n) is 8.28. The van der Waals surface area contributed by atoms with Crippen LogP contribution in [0.4, 0.5) is 0 Å². The predicted molar refractivity (Wildman–Crippen MR) is 131 cm³/mol. The second-order valence-corrected chi connectivity index (χ2v) is 8.28. The standard InChI is InChI=1S/C25H36N4O3/c1-5-13-28(14-6-2)15-9-12-26-24(30)20-18-29(16-17-32-4)25(31)23-22(20)19-10-7-8-11-21(19)27(23)3/h7-8,10-11,18H,5-6,9,12-17H2,1-4H3,(H,26,30). The molecule has 1 amide bonds. The van der Waals surface area contributed by atoms with Crippen molar-refractivity contribution in [2.75, 3.05) is 39.9 Å². The van der Waals surface area contributed by atoms with Gasteiger partial charge in [-0.3, -0.25) is 9.59 Å². The van der Waals surface area contributed by atoms with Gasteiger partial charge in [0.05, 0.1) is 12.2 Å². The van der Waals surface area contributed by atoms with E-state index in [0.717, 1.165) is 55.2 Å². The first-order valence-corrected chi connectivity index (χ1v) is 11.6. The number of nitrogens with one attached hydrogen (secondary N) is 1. The summed E-state index contributed by atoms with van der Waals surface area (Å²) in [5.74, 6) is -0.143. The fourth-order valence-corrected chi connectivity index (χ4v) is 4.43. The molecule has 0 saturated carbocycles. The third-order valence-corrected chi connectivity index (χ3v) is 5.92. The molecule has 0 aliphatic heterocycles. The van der Waals surface area contributed by atoms with Crippen LogP contribution in [0.5, 0.6) is 0 Å². The van der Waals surface area contributed by atoms with E-state index in [2.05, 4.69) is 24.1 Å². The Balaban J connectivity index is 1.90. The Kier molecular flexibility index (Phi) is 8.47. The number of aromatic nitrogens is 2. The first-order chi connectivity index (χ1) is 15.5. The van der Waals surface area contributed by atoms with Crippen LogP contribution in [0, 0.1) is 0 Å². The fraction of sp³-hybridized carbons (Fsp3) is 0.520. The van der Waals surface area contributed by atoms with Crippen molar-refractivity contribution < 1.29 is 9.53 Å². The van der Waals surface area contributed by atoms with Crippen LogP contribution in [-0.2, 0) is 18.3 Å². The van der Waals surface area contributed by atoms with Gasteiger partial charge in [0.15, 0.2) is 0 Å². The molecule has 174 valence electrons. The quantitative estimate of drug-likeness (QED) is 0.439. The van der Waals surface area contributed by atoms with Crippen LogP contribution in [0.25, 0.3) is 21.8 Å². The van der Waals surface area contributed by atoms with Crippen molar-refractivity contribution in [1.29, 1.82) is 0 Å². The number of carbonyl (C=O) groups excluding carboxylic acids is 1. The first kappa shape index (κ1) is 24.0. The van der Waals surface area contributed by atoms with Crippen molar-refractivity contribution in [2.24, 2.45) is 7.05 Å². The van der Waals surface area contributed by atoms with Gasteiger partial charge in [-0.05, 0) is 45.0 Å². The van der Waals surface area contributed by atoms with Crippen molar-refractivity contribution in [2.45, 2.75) is 39.7 Å². The predicted octanol–water partition coefficient (Wildman–Crippen LogP) is 3.38. The van der Waals surface area contributed by atoms with E-state index in [-0.39, 0.29) is 11.5 Å². The maximum atomic E-state index is 13.3. The minimum atomic E-state index is -0.143. The summed E-state index contributed by atoms with van der Waals surface area (Å²) < 4.78 is 8.65. The molecule has 1 N–H and O–H groups in total. The molecule has 0 radical (unpaired) electrons. The molecule has 7 nitrogen and oxygen atoms in total. The lowest BCUT2D eigenvalue weighted by Crippen LogP contribution is -2.32. The zero-order chi connectivity index (χ0) is 23.1. The summed E-state index contributed by atoms with van der Waals surface area (Å²) in [4.78, 5) is 28.9. The maximum absolute atomic E-state index is 13.3. The molecule has 3 aromatic rings. The van der Waals surface area contributed by atoms with Crippen LogP contribution >= 0.6 is 0 Å². The summed E-state index contributed by atoms with van der Waals surface area (Å²) in [5, 5.41) is 4.73. The molecule has 7 heteroatoms. The molecule has 1 aromatic carbocycles. The number of amides is 1. The van der Waals surface area contributed by atoms with Gasteiger partial charge in [-0.1, -0.05) is 32.0 Å². The van der Waals surface area contributed by atoms with Crippen LogP contribution in [0.1, 0.15) is 43.5 Å². The van der Waals surface area contributed by atoms with E-state index in [0.29, 0.717) is 30.8 Å². The molecule has 2 aromatic heterocycles. The minimum absolute atomic E-state index is 0.109. The molecule has 3 rings (SSSR count). The summed E-state index contributed by atoms with van der Waals surface area (Å²) in [7, 11) is 3.48. The van der Waals surface area contributed by atoms with Crippen LogP contribution in [0.15, 0.2) is 35.3 Å². The molecule has 0 bridgehead atoms. The highest BCUT2D eigenvalue weighted by Gasteiger charge is 2.21. The highest BCUT2D eigenvalue weighted by Crippen LogP contribution is 2.28. The van der Waals surface area contributed by atoms with E-state index in [1.54, 1.807) is 17.9 Å². The summed E-state index contributed by atoms with van der Waals surface area (Å²) >= 11 is 0. The van der Waals surface area contributed by atoms with E-state index in [1.807, 2.05) is 35.9 Å². The Labute approximate surface area is 189 Å². The molecule has 0 atom stereocenters. The van der Waals surface area contributed by atoms with Gasteiger partial charge in [0.2, 0.25) is 0 Å². The average Bonchev–Trinajstić information content (AvgIpc) is 3.09. The molecule has 32 heavy (non-hydrogen) atoms. The number of benzene rings is 1. The van der Waals surface area contributed by atoms with Crippen molar-refractivity contribution in [3.05, 3.63) is 46.4 Å². The maximum Gasteiger partial charge on any atom is 0.275 e. The zero-order valence-electron chi connectivity index (χ0n) is 19.8. The van der Waals surface area contributed by atoms with E-state index >= 15 is 0 Å². The number of ether oxygens (including phenoxy) is 1. The summed E-state index contributed by atoms with van der Waals surface area (Å²) in [6.45, 7) is 8.94. The zero-order valence-corrected chi connectivity index (χ0v) is 19.8. The lowest BCUT2D eigenvalue weighted by Gasteiger charge is -2.20. The smallest absolute Gasteiger partial charge is 0.275 e. The Bertz CT molecular complexity index is 1110. The van der Waals surface area contributed by atoms with E-state index < -0.39 is 0 Å². The number of fused-ring (bicyclic) bond motifs is 3. The summed E-state index contributed by atoms with van der Waals surface area (Å²) in [5.41, 5.74) is 1.91. The lowest BCUT2D eigenvalue weighted by molar-refractivity contribution is 0.0952. The molecule has 0 unspecified atom stereocenters. The largest absolute Gasteiger partial charge is 0.383 e. The number of nitrogens with zero attached hydrogens (tertiary/aromatic N) is 3. The van der Waals surface area contributed by atoms with Crippen molar-refractivity contribution in [3.8, 4) is 0 Å². The topological polar surface area (TPSA) is 68.5 Å². The number of rotatable bonds is 12. The minimum Gasteiger partial charge on any atom is -0.383 e. The van der Waals surface area contributed by atoms with Crippen LogP contribution in [0.2, 0.25) is 0 Å². The highest BCUT2D eigenvalue weighted by atomic mass is 16.5. The van der Waals surface area contributed by atoms with Crippen LogP contribution < -0.4 is 10.9 Å². The number of carbonyl (C=O) groups is 1. The van der Waals surface area contributed by atoms with Gasteiger partial charge < -0.3 is 24.1 Å². The molecule has 0 fully saturated rings. The molecular weight excluding hydrogens is 404 g/mol. The normalized spacial score (nSPS) is 11.7. The third-order valence-electron chi connectivity index (χ3n) is 5.92. The number of hydrogen-bond acceptors (Lipinski definition) is 4. The van der Waals surface area contributed by atoms with Crippen molar-refractivity contribution in [3.63, 3.8) is 0 Å². The molecule has 0 spiro atoms. The van der Waals surface area contributed by atoms with Crippen molar-refractivity contribution in [1.82, 2.24) is 19.4 Å². The van der Waals surface area contributed by atoms with Gasteiger partial charge in [0.25, 0.3) is 11.5 Å². The molecule has 0 aliphatic carbocycles. The lowest BCUT2D eigenvalue weighted by atomic mass is 10.1. The van der Waals surface area contributed by atoms with Gasteiger partial charge in [0.1, 0.15) is 5.52 Å². The van der Waals surface area contributed by atoms with Gasteiger partial charge in [-0.15, -0.1) is 0 Å². The number of methoxy groups -OCH3 is 1. The Hall–Kier alpha value is -2.64. The number of aryl methyl sites for hydroxylation is 1.